The molecule has 1 aromatic carbocycles. The normalized spacial score (nSPS) is 11.7. The monoisotopic (exact) mass is 269 g/mol. The highest BCUT2D eigenvalue weighted by molar-refractivity contribution is 6.30. The van der Waals surface area contributed by atoms with Gasteiger partial charge in [0, 0.05) is 11.6 Å². The molecule has 18 heavy (non-hydrogen) atoms. The maximum atomic E-state index is 11.3. The number of benzene rings is 1. The molecule has 1 aromatic rings. The standard InChI is InChI=1S/C12H15ClN2O3/c1-8(11(16)17)15-12(18)14-7-6-9-2-4-10(13)5-3-9/h2-5,8H,6-7H2,1H3,(H,16,17)(H2,14,15,18)/p-1/t8-/m0/s1. The molecule has 1 rings (SSSR count). The first-order valence-electron chi connectivity index (χ1n) is 5.48. The van der Waals surface area contributed by atoms with Crippen LogP contribution in [0.15, 0.2) is 24.3 Å². The summed E-state index contributed by atoms with van der Waals surface area (Å²) >= 11 is 5.74. The minimum absolute atomic E-state index is 0.410. The number of amides is 2. The zero-order chi connectivity index (χ0) is 13.5. The zero-order valence-corrected chi connectivity index (χ0v) is 10.7. The summed E-state index contributed by atoms with van der Waals surface area (Å²) in [5.74, 6) is -1.32. The number of rotatable bonds is 5. The number of urea groups is 1. The minimum atomic E-state index is -1.32. The van der Waals surface area contributed by atoms with E-state index < -0.39 is 18.0 Å². The molecule has 0 spiro atoms. The van der Waals surface area contributed by atoms with Crippen molar-refractivity contribution in [3.05, 3.63) is 34.9 Å². The summed E-state index contributed by atoms with van der Waals surface area (Å²) in [5.41, 5.74) is 1.03. The molecule has 0 bridgehead atoms. The topological polar surface area (TPSA) is 81.3 Å². The van der Waals surface area contributed by atoms with E-state index >= 15 is 0 Å². The molecule has 0 aliphatic rings. The van der Waals surface area contributed by atoms with Gasteiger partial charge < -0.3 is 20.5 Å². The maximum absolute atomic E-state index is 11.3. The molecule has 0 radical (unpaired) electrons. The molecule has 0 aromatic heterocycles. The molecule has 2 amide bonds. The Labute approximate surface area is 110 Å². The van der Waals surface area contributed by atoms with E-state index in [1.165, 1.54) is 6.92 Å². The number of hydrogen-bond donors (Lipinski definition) is 2. The number of carboxylic acids is 1. The average Bonchev–Trinajstić information content (AvgIpc) is 2.31. The van der Waals surface area contributed by atoms with Crippen molar-refractivity contribution in [2.24, 2.45) is 0 Å². The van der Waals surface area contributed by atoms with Crippen LogP contribution in [0.4, 0.5) is 4.79 Å². The molecule has 0 fully saturated rings. The van der Waals surface area contributed by atoms with Crippen molar-refractivity contribution < 1.29 is 14.7 Å². The van der Waals surface area contributed by atoms with Gasteiger partial charge in [0.1, 0.15) is 0 Å². The van der Waals surface area contributed by atoms with Crippen LogP contribution in [-0.2, 0) is 11.2 Å². The van der Waals surface area contributed by atoms with Crippen LogP contribution in [0.25, 0.3) is 0 Å². The Bertz CT molecular complexity index is 420. The number of carbonyl (C=O) groups is 2. The highest BCUT2D eigenvalue weighted by Gasteiger charge is 2.06. The van der Waals surface area contributed by atoms with Crippen LogP contribution in [0.5, 0.6) is 0 Å². The molecular formula is C12H14ClN2O3-. The largest absolute Gasteiger partial charge is 0.548 e. The van der Waals surface area contributed by atoms with Crippen molar-refractivity contribution in [1.29, 1.82) is 0 Å². The fourth-order valence-corrected chi connectivity index (χ4v) is 1.40. The lowest BCUT2D eigenvalue weighted by molar-refractivity contribution is -0.307. The molecule has 6 heteroatoms. The molecule has 0 saturated carbocycles. The molecule has 2 N–H and O–H groups in total. The van der Waals surface area contributed by atoms with E-state index in [1.807, 2.05) is 12.1 Å². The second kappa shape index (κ2) is 6.86. The van der Waals surface area contributed by atoms with Gasteiger partial charge in [-0.25, -0.2) is 4.79 Å². The molecule has 0 heterocycles. The lowest BCUT2D eigenvalue weighted by atomic mass is 10.1. The third-order valence-electron chi connectivity index (χ3n) is 2.31. The molecule has 0 aliphatic carbocycles. The predicted molar refractivity (Wildman–Crippen MR) is 66.2 cm³/mol. The summed E-state index contributed by atoms with van der Waals surface area (Å²) in [6, 6.07) is 5.74. The first-order valence-corrected chi connectivity index (χ1v) is 5.86. The van der Waals surface area contributed by atoms with Gasteiger partial charge in [0.25, 0.3) is 0 Å². The quantitative estimate of drug-likeness (QED) is 0.808. The summed E-state index contributed by atoms with van der Waals surface area (Å²) in [5, 5.41) is 15.9. The van der Waals surface area contributed by atoms with Gasteiger partial charge >= 0.3 is 6.03 Å². The number of carboxylic acid groups (broad SMARTS) is 1. The van der Waals surface area contributed by atoms with E-state index in [4.69, 9.17) is 11.6 Å². The van der Waals surface area contributed by atoms with Gasteiger partial charge in [0.05, 0.1) is 12.0 Å². The van der Waals surface area contributed by atoms with Gasteiger partial charge in [-0.3, -0.25) is 0 Å². The Morgan fingerprint density at radius 2 is 1.94 bits per heavy atom. The summed E-state index contributed by atoms with van der Waals surface area (Å²) in [6.07, 6.45) is 0.643. The average molecular weight is 270 g/mol. The highest BCUT2D eigenvalue weighted by atomic mass is 35.5. The van der Waals surface area contributed by atoms with Crippen molar-refractivity contribution in [3.63, 3.8) is 0 Å². The smallest absolute Gasteiger partial charge is 0.315 e. The van der Waals surface area contributed by atoms with Crippen molar-refractivity contribution >= 4 is 23.6 Å². The first-order chi connectivity index (χ1) is 8.49. The van der Waals surface area contributed by atoms with Crippen LogP contribution in [-0.4, -0.2) is 24.6 Å². The van der Waals surface area contributed by atoms with Gasteiger partial charge in [-0.05, 0) is 31.0 Å². The van der Waals surface area contributed by atoms with Crippen molar-refractivity contribution in [1.82, 2.24) is 10.6 Å². The highest BCUT2D eigenvalue weighted by Crippen LogP contribution is 2.09. The zero-order valence-electron chi connectivity index (χ0n) is 9.90. The van der Waals surface area contributed by atoms with E-state index in [2.05, 4.69) is 10.6 Å². The Kier molecular flexibility index (Phi) is 5.45. The number of nitrogens with one attached hydrogen (secondary N) is 2. The molecule has 0 saturated heterocycles. The van der Waals surface area contributed by atoms with E-state index in [1.54, 1.807) is 12.1 Å². The number of aliphatic carboxylic acids is 1. The summed E-state index contributed by atoms with van der Waals surface area (Å²) in [7, 11) is 0. The van der Waals surface area contributed by atoms with E-state index in [-0.39, 0.29) is 0 Å². The SMILES string of the molecule is C[C@H](NC(=O)NCCc1ccc(Cl)cc1)C(=O)[O-]. The van der Waals surface area contributed by atoms with Gasteiger partial charge in [-0.2, -0.15) is 0 Å². The number of hydrogen-bond acceptors (Lipinski definition) is 3. The van der Waals surface area contributed by atoms with Crippen LogP contribution in [0.2, 0.25) is 5.02 Å². The van der Waals surface area contributed by atoms with Crippen LogP contribution < -0.4 is 15.7 Å². The third kappa shape index (κ3) is 5.05. The predicted octanol–water partition coefficient (Wildman–Crippen LogP) is 0.320. The van der Waals surface area contributed by atoms with Crippen LogP contribution in [0.3, 0.4) is 0 Å². The molecule has 0 unspecified atom stereocenters. The van der Waals surface area contributed by atoms with Crippen molar-refractivity contribution in [2.45, 2.75) is 19.4 Å². The summed E-state index contributed by atoms with van der Waals surface area (Å²) in [6.45, 7) is 1.75. The van der Waals surface area contributed by atoms with Crippen molar-refractivity contribution in [3.8, 4) is 0 Å². The first kappa shape index (κ1) is 14.3. The summed E-state index contributed by atoms with van der Waals surface area (Å²) < 4.78 is 0. The van der Waals surface area contributed by atoms with Crippen molar-refractivity contribution in [2.75, 3.05) is 6.54 Å². The Hall–Kier alpha value is -1.75. The Morgan fingerprint density at radius 3 is 2.50 bits per heavy atom. The second-order valence-electron chi connectivity index (χ2n) is 3.82. The van der Waals surface area contributed by atoms with Gasteiger partial charge in [0.2, 0.25) is 0 Å². The lowest BCUT2D eigenvalue weighted by Crippen LogP contribution is -2.49. The minimum Gasteiger partial charge on any atom is -0.548 e. The van der Waals surface area contributed by atoms with E-state index in [0.29, 0.717) is 18.0 Å². The number of halogens is 1. The van der Waals surface area contributed by atoms with E-state index in [0.717, 1.165) is 5.56 Å². The Balaban J connectivity index is 2.27. The fourth-order valence-electron chi connectivity index (χ4n) is 1.28. The van der Waals surface area contributed by atoms with Crippen LogP contribution in [0.1, 0.15) is 12.5 Å². The molecule has 0 aliphatic heterocycles. The second-order valence-corrected chi connectivity index (χ2v) is 4.25. The molecule has 98 valence electrons. The fraction of sp³-hybridized carbons (Fsp3) is 0.333. The van der Waals surface area contributed by atoms with Gasteiger partial charge in [0.15, 0.2) is 0 Å². The van der Waals surface area contributed by atoms with Crippen LogP contribution >= 0.6 is 11.6 Å². The maximum Gasteiger partial charge on any atom is 0.315 e. The molecule has 5 nitrogen and oxygen atoms in total. The van der Waals surface area contributed by atoms with Gasteiger partial charge in [-0.1, -0.05) is 23.7 Å². The molecule has 1 atom stereocenters. The van der Waals surface area contributed by atoms with Gasteiger partial charge in [-0.15, -0.1) is 0 Å². The third-order valence-corrected chi connectivity index (χ3v) is 2.57. The summed E-state index contributed by atoms with van der Waals surface area (Å²) in [4.78, 5) is 21.7. The van der Waals surface area contributed by atoms with Crippen LogP contribution in [0, 0.1) is 0 Å². The lowest BCUT2D eigenvalue weighted by Gasteiger charge is -2.15. The number of carbonyl (C=O) groups excluding carboxylic acids is 2. The Morgan fingerprint density at radius 1 is 1.33 bits per heavy atom. The molecular weight excluding hydrogens is 256 g/mol. The van der Waals surface area contributed by atoms with E-state index in [9.17, 15) is 14.7 Å².